The maximum Gasteiger partial charge on any atom is 0.0510 e. The van der Waals surface area contributed by atoms with Gasteiger partial charge >= 0.3 is 0 Å². The largest absolute Gasteiger partial charge is 0.381 e. The summed E-state index contributed by atoms with van der Waals surface area (Å²) in [7, 11) is 2.10. The number of hydrogen-bond acceptors (Lipinski definition) is 3. The fourth-order valence-corrected chi connectivity index (χ4v) is 3.35. The summed E-state index contributed by atoms with van der Waals surface area (Å²) in [6, 6.07) is 0.623. The minimum atomic E-state index is 0.623. The van der Waals surface area contributed by atoms with Crippen LogP contribution in [0.3, 0.4) is 0 Å². The molecule has 0 aromatic rings. The van der Waals surface area contributed by atoms with Crippen molar-refractivity contribution in [2.45, 2.75) is 38.6 Å². The lowest BCUT2D eigenvalue weighted by molar-refractivity contribution is 0.167. The molecule has 0 radical (unpaired) electrons. The Morgan fingerprint density at radius 1 is 1.41 bits per heavy atom. The molecule has 3 nitrogen and oxygen atoms in total. The smallest absolute Gasteiger partial charge is 0.0510 e. The van der Waals surface area contributed by atoms with E-state index in [-0.39, 0.29) is 0 Å². The van der Waals surface area contributed by atoms with Crippen molar-refractivity contribution in [3.8, 4) is 0 Å². The van der Waals surface area contributed by atoms with Crippen molar-refractivity contribution in [2.24, 2.45) is 11.8 Å². The minimum absolute atomic E-state index is 0.623. The van der Waals surface area contributed by atoms with Gasteiger partial charge in [-0.25, -0.2) is 0 Å². The monoisotopic (exact) mass is 240 g/mol. The quantitative estimate of drug-likeness (QED) is 0.765. The van der Waals surface area contributed by atoms with E-state index in [4.69, 9.17) is 4.74 Å². The average Bonchev–Trinajstić information content (AvgIpc) is 2.97. The Kier molecular flexibility index (Phi) is 5.26. The zero-order chi connectivity index (χ0) is 12.1. The second kappa shape index (κ2) is 6.72. The summed E-state index contributed by atoms with van der Waals surface area (Å²) in [5.41, 5.74) is 0. The van der Waals surface area contributed by atoms with E-state index in [2.05, 4.69) is 24.2 Å². The maximum atomic E-state index is 5.51. The van der Waals surface area contributed by atoms with Gasteiger partial charge in [0.25, 0.3) is 0 Å². The van der Waals surface area contributed by atoms with Crippen LogP contribution in [-0.4, -0.2) is 50.8 Å². The molecule has 2 aliphatic heterocycles. The van der Waals surface area contributed by atoms with Gasteiger partial charge in [-0.15, -0.1) is 0 Å². The Morgan fingerprint density at radius 2 is 2.29 bits per heavy atom. The number of hydrogen-bond donors (Lipinski definition) is 1. The Bertz CT molecular complexity index is 216. The molecule has 0 saturated carbocycles. The van der Waals surface area contributed by atoms with Gasteiger partial charge in [0.05, 0.1) is 6.61 Å². The van der Waals surface area contributed by atoms with Crippen LogP contribution in [0.4, 0.5) is 0 Å². The molecule has 0 aromatic carbocycles. The van der Waals surface area contributed by atoms with Gasteiger partial charge in [-0.05, 0) is 38.8 Å². The molecular weight excluding hydrogens is 212 g/mol. The SMILES string of the molecule is CCCC1CCN(CC(NC)C2CCOC2)C1. The molecule has 2 saturated heterocycles. The van der Waals surface area contributed by atoms with Crippen LogP contribution < -0.4 is 5.32 Å². The van der Waals surface area contributed by atoms with E-state index in [9.17, 15) is 0 Å². The first-order valence-electron chi connectivity index (χ1n) is 7.30. The predicted octanol–water partition coefficient (Wildman–Crippen LogP) is 1.73. The van der Waals surface area contributed by atoms with Crippen LogP contribution in [-0.2, 0) is 4.74 Å². The summed E-state index contributed by atoms with van der Waals surface area (Å²) in [6.45, 7) is 8.05. The lowest BCUT2D eigenvalue weighted by Gasteiger charge is -2.27. The number of rotatable bonds is 6. The summed E-state index contributed by atoms with van der Waals surface area (Å²) in [5.74, 6) is 1.68. The van der Waals surface area contributed by atoms with Gasteiger partial charge in [-0.3, -0.25) is 0 Å². The molecular formula is C14H28N2O. The summed E-state index contributed by atoms with van der Waals surface area (Å²) >= 11 is 0. The van der Waals surface area contributed by atoms with Gasteiger partial charge in [0.15, 0.2) is 0 Å². The van der Waals surface area contributed by atoms with E-state index in [0.717, 1.165) is 25.0 Å². The lowest BCUT2D eigenvalue weighted by Crippen LogP contribution is -2.43. The van der Waals surface area contributed by atoms with Gasteiger partial charge in [0, 0.05) is 31.7 Å². The molecule has 1 N–H and O–H groups in total. The summed E-state index contributed by atoms with van der Waals surface area (Å²) in [6.07, 6.45) is 5.39. The first-order valence-corrected chi connectivity index (χ1v) is 7.30. The van der Waals surface area contributed by atoms with Crippen molar-refractivity contribution < 1.29 is 4.74 Å². The molecule has 3 unspecified atom stereocenters. The lowest BCUT2D eigenvalue weighted by atomic mass is 9.98. The number of likely N-dealkylation sites (tertiary alicyclic amines) is 1. The molecule has 3 atom stereocenters. The first kappa shape index (κ1) is 13.3. The van der Waals surface area contributed by atoms with Crippen LogP contribution in [0, 0.1) is 11.8 Å². The van der Waals surface area contributed by atoms with E-state index < -0.39 is 0 Å². The van der Waals surface area contributed by atoms with Crippen molar-refractivity contribution in [1.82, 2.24) is 10.2 Å². The maximum absolute atomic E-state index is 5.51. The third kappa shape index (κ3) is 3.67. The zero-order valence-electron chi connectivity index (χ0n) is 11.5. The molecule has 0 amide bonds. The standard InChI is InChI=1S/C14H28N2O/c1-3-4-12-5-7-16(9-12)10-14(15-2)13-6-8-17-11-13/h12-15H,3-11H2,1-2H3. The van der Waals surface area contributed by atoms with E-state index in [1.54, 1.807) is 0 Å². The summed E-state index contributed by atoms with van der Waals surface area (Å²) < 4.78 is 5.51. The number of nitrogens with zero attached hydrogens (tertiary/aromatic N) is 1. The third-order valence-electron chi connectivity index (χ3n) is 4.43. The first-order chi connectivity index (χ1) is 8.33. The van der Waals surface area contributed by atoms with Crippen molar-refractivity contribution in [3.05, 3.63) is 0 Å². The van der Waals surface area contributed by atoms with Crippen LogP contribution in [0.2, 0.25) is 0 Å². The van der Waals surface area contributed by atoms with Crippen LogP contribution in [0.25, 0.3) is 0 Å². The van der Waals surface area contributed by atoms with Crippen molar-refractivity contribution in [1.29, 1.82) is 0 Å². The van der Waals surface area contributed by atoms with Gasteiger partial charge in [-0.1, -0.05) is 13.3 Å². The molecule has 0 aromatic heterocycles. The normalized spacial score (nSPS) is 32.1. The third-order valence-corrected chi connectivity index (χ3v) is 4.43. The highest BCUT2D eigenvalue weighted by molar-refractivity contribution is 4.84. The summed E-state index contributed by atoms with van der Waals surface area (Å²) in [5, 5.41) is 3.50. The highest BCUT2D eigenvalue weighted by Crippen LogP contribution is 2.23. The minimum Gasteiger partial charge on any atom is -0.381 e. The van der Waals surface area contributed by atoms with Crippen molar-refractivity contribution in [3.63, 3.8) is 0 Å². The van der Waals surface area contributed by atoms with Crippen molar-refractivity contribution >= 4 is 0 Å². The Balaban J connectivity index is 1.75. The summed E-state index contributed by atoms with van der Waals surface area (Å²) in [4.78, 5) is 2.65. The molecule has 3 heteroatoms. The topological polar surface area (TPSA) is 24.5 Å². The average molecular weight is 240 g/mol. The van der Waals surface area contributed by atoms with Crippen LogP contribution >= 0.6 is 0 Å². The highest BCUT2D eigenvalue weighted by Gasteiger charge is 2.29. The number of nitrogens with one attached hydrogen (secondary N) is 1. The van der Waals surface area contributed by atoms with Crippen molar-refractivity contribution in [2.75, 3.05) is 39.9 Å². The highest BCUT2D eigenvalue weighted by atomic mass is 16.5. The van der Waals surface area contributed by atoms with E-state index in [1.165, 1.54) is 45.3 Å². The van der Waals surface area contributed by atoms with Gasteiger partial charge < -0.3 is 15.0 Å². The fraction of sp³-hybridized carbons (Fsp3) is 1.00. The zero-order valence-corrected chi connectivity index (χ0v) is 11.5. The Hall–Kier alpha value is -0.120. The second-order valence-electron chi connectivity index (χ2n) is 5.72. The molecule has 2 aliphatic rings. The number of likely N-dealkylation sites (N-methyl/N-ethyl adjacent to an activating group) is 1. The second-order valence-corrected chi connectivity index (χ2v) is 5.72. The number of ether oxygens (including phenoxy) is 1. The van der Waals surface area contributed by atoms with Crippen LogP contribution in [0.1, 0.15) is 32.6 Å². The molecule has 100 valence electrons. The van der Waals surface area contributed by atoms with E-state index in [0.29, 0.717) is 6.04 Å². The van der Waals surface area contributed by atoms with E-state index >= 15 is 0 Å². The van der Waals surface area contributed by atoms with Gasteiger partial charge in [0.2, 0.25) is 0 Å². The van der Waals surface area contributed by atoms with E-state index in [1.807, 2.05) is 0 Å². The molecule has 0 aliphatic carbocycles. The van der Waals surface area contributed by atoms with Gasteiger partial charge in [-0.2, -0.15) is 0 Å². The molecule has 2 fully saturated rings. The Morgan fingerprint density at radius 3 is 2.94 bits per heavy atom. The van der Waals surface area contributed by atoms with Crippen LogP contribution in [0.15, 0.2) is 0 Å². The predicted molar refractivity (Wildman–Crippen MR) is 71.2 cm³/mol. The molecule has 0 spiro atoms. The molecule has 2 heterocycles. The Labute approximate surface area is 106 Å². The van der Waals surface area contributed by atoms with Gasteiger partial charge in [0.1, 0.15) is 0 Å². The molecule has 17 heavy (non-hydrogen) atoms. The fourth-order valence-electron chi connectivity index (χ4n) is 3.35. The molecule has 0 bridgehead atoms. The molecule has 2 rings (SSSR count). The van der Waals surface area contributed by atoms with Crippen LogP contribution in [0.5, 0.6) is 0 Å².